The molecule has 3 N–H and O–H groups in total. The van der Waals surface area contributed by atoms with Gasteiger partial charge in [-0.25, -0.2) is 0 Å². The van der Waals surface area contributed by atoms with E-state index in [2.05, 4.69) is 46.7 Å². The van der Waals surface area contributed by atoms with Crippen LogP contribution in [0, 0.1) is 28.6 Å². The van der Waals surface area contributed by atoms with Crippen molar-refractivity contribution >= 4 is 5.84 Å². The zero-order valence-corrected chi connectivity index (χ0v) is 12.8. The molecule has 0 amide bonds. The van der Waals surface area contributed by atoms with E-state index in [-0.39, 0.29) is 11.3 Å². The third-order valence-corrected chi connectivity index (χ3v) is 4.61. The van der Waals surface area contributed by atoms with Gasteiger partial charge in [0.05, 0.1) is 0 Å². The van der Waals surface area contributed by atoms with Gasteiger partial charge in [0.2, 0.25) is 0 Å². The predicted molar refractivity (Wildman–Crippen MR) is 76.6 cm³/mol. The lowest BCUT2D eigenvalue weighted by Gasteiger charge is -2.48. The molecule has 3 atom stereocenters. The molecule has 3 unspecified atom stereocenters. The Balaban J connectivity index is 2.94. The molecule has 106 valence electrons. The monoisotopic (exact) mass is 254 g/mol. The van der Waals surface area contributed by atoms with Crippen LogP contribution in [0.25, 0.3) is 0 Å². The highest BCUT2D eigenvalue weighted by Crippen LogP contribution is 2.50. The van der Waals surface area contributed by atoms with Crippen molar-refractivity contribution < 1.29 is 5.21 Å². The number of rotatable bonds is 1. The van der Waals surface area contributed by atoms with Crippen molar-refractivity contribution in [3.63, 3.8) is 0 Å². The standard InChI is InChI=1S/C15H30N2O/c1-14(2,3)11-8-7-10(13(16)17-18)9-12(11)15(4,5)6/h10-12,18H,7-9H2,1-6H3,(H2,16,17). The summed E-state index contributed by atoms with van der Waals surface area (Å²) in [7, 11) is 0. The van der Waals surface area contributed by atoms with Gasteiger partial charge in [0.25, 0.3) is 0 Å². The summed E-state index contributed by atoms with van der Waals surface area (Å²) in [4.78, 5) is 0. The molecule has 0 aromatic carbocycles. The van der Waals surface area contributed by atoms with E-state index >= 15 is 0 Å². The van der Waals surface area contributed by atoms with Crippen LogP contribution in [0.1, 0.15) is 60.8 Å². The van der Waals surface area contributed by atoms with Crippen molar-refractivity contribution in [1.29, 1.82) is 0 Å². The third kappa shape index (κ3) is 3.39. The van der Waals surface area contributed by atoms with E-state index in [1.807, 2.05) is 0 Å². The van der Waals surface area contributed by atoms with Gasteiger partial charge in [-0.15, -0.1) is 0 Å². The number of hydrogen-bond acceptors (Lipinski definition) is 2. The number of oxime groups is 1. The molecule has 0 aromatic rings. The zero-order valence-electron chi connectivity index (χ0n) is 12.8. The summed E-state index contributed by atoms with van der Waals surface area (Å²) in [6.07, 6.45) is 3.26. The van der Waals surface area contributed by atoms with E-state index in [1.54, 1.807) is 0 Å². The number of amidine groups is 1. The first-order valence-corrected chi connectivity index (χ1v) is 7.04. The topological polar surface area (TPSA) is 58.6 Å². The number of nitrogens with two attached hydrogens (primary N) is 1. The average Bonchev–Trinajstić information content (AvgIpc) is 2.24. The maximum Gasteiger partial charge on any atom is 0.142 e. The lowest BCUT2D eigenvalue weighted by Crippen LogP contribution is -2.43. The second-order valence-electron chi connectivity index (χ2n) is 7.98. The zero-order chi connectivity index (χ0) is 14.1. The summed E-state index contributed by atoms with van der Waals surface area (Å²) in [5, 5.41) is 12.1. The van der Waals surface area contributed by atoms with E-state index in [0.717, 1.165) is 12.8 Å². The molecule has 0 aromatic heterocycles. The Labute approximate surface area is 112 Å². The smallest absolute Gasteiger partial charge is 0.142 e. The molecule has 3 heteroatoms. The molecule has 0 radical (unpaired) electrons. The first-order chi connectivity index (χ1) is 8.07. The number of hydrogen-bond donors (Lipinski definition) is 2. The summed E-state index contributed by atoms with van der Waals surface area (Å²) >= 11 is 0. The second kappa shape index (κ2) is 5.10. The van der Waals surface area contributed by atoms with Crippen LogP contribution in [0.2, 0.25) is 0 Å². The van der Waals surface area contributed by atoms with Crippen LogP contribution in [-0.2, 0) is 0 Å². The lowest BCUT2D eigenvalue weighted by atomic mass is 9.57. The molecule has 3 nitrogen and oxygen atoms in total. The minimum atomic E-state index is 0.248. The Morgan fingerprint density at radius 2 is 1.50 bits per heavy atom. The Hall–Kier alpha value is -0.730. The van der Waals surface area contributed by atoms with Crippen molar-refractivity contribution in [2.45, 2.75) is 60.8 Å². The van der Waals surface area contributed by atoms with Crippen molar-refractivity contribution in [1.82, 2.24) is 0 Å². The van der Waals surface area contributed by atoms with Gasteiger partial charge in [-0.1, -0.05) is 46.7 Å². The normalized spacial score (nSPS) is 31.4. The van der Waals surface area contributed by atoms with Crippen LogP contribution in [0.3, 0.4) is 0 Å². The lowest BCUT2D eigenvalue weighted by molar-refractivity contribution is 0.0226. The van der Waals surface area contributed by atoms with Gasteiger partial charge < -0.3 is 10.9 Å². The van der Waals surface area contributed by atoms with Crippen LogP contribution in [-0.4, -0.2) is 11.0 Å². The summed E-state index contributed by atoms with van der Waals surface area (Å²) in [5.41, 5.74) is 6.41. The molecule has 0 saturated heterocycles. The molecular weight excluding hydrogens is 224 g/mol. The molecule has 1 saturated carbocycles. The van der Waals surface area contributed by atoms with E-state index < -0.39 is 0 Å². The highest BCUT2D eigenvalue weighted by molar-refractivity contribution is 5.82. The first kappa shape index (κ1) is 15.3. The summed E-state index contributed by atoms with van der Waals surface area (Å²) in [6.45, 7) is 13.9. The third-order valence-electron chi connectivity index (χ3n) is 4.61. The SMILES string of the molecule is CC(C)(C)C1CCC(/C(N)=N/O)CC1C(C)(C)C. The van der Waals surface area contributed by atoms with Crippen LogP contribution >= 0.6 is 0 Å². The molecule has 1 fully saturated rings. The minimum Gasteiger partial charge on any atom is -0.409 e. The number of nitrogens with zero attached hydrogens (tertiary/aromatic N) is 1. The maximum absolute atomic E-state index is 8.86. The molecule has 1 aliphatic rings. The average molecular weight is 254 g/mol. The molecule has 18 heavy (non-hydrogen) atoms. The van der Waals surface area contributed by atoms with Crippen molar-refractivity contribution in [2.24, 2.45) is 39.5 Å². The largest absolute Gasteiger partial charge is 0.409 e. The fourth-order valence-electron chi connectivity index (χ4n) is 3.51. The Bertz CT molecular complexity index is 309. The van der Waals surface area contributed by atoms with E-state index in [9.17, 15) is 0 Å². The molecule has 0 aliphatic heterocycles. The van der Waals surface area contributed by atoms with E-state index in [4.69, 9.17) is 10.9 Å². The molecule has 1 aliphatic carbocycles. The van der Waals surface area contributed by atoms with Crippen LogP contribution in [0.4, 0.5) is 0 Å². The fourth-order valence-corrected chi connectivity index (χ4v) is 3.51. The quantitative estimate of drug-likeness (QED) is 0.323. The van der Waals surface area contributed by atoms with Crippen molar-refractivity contribution in [3.05, 3.63) is 0 Å². The second-order valence-corrected chi connectivity index (χ2v) is 7.98. The first-order valence-electron chi connectivity index (χ1n) is 7.04. The minimum absolute atomic E-state index is 0.248. The van der Waals surface area contributed by atoms with E-state index in [1.165, 1.54) is 6.42 Å². The summed E-state index contributed by atoms with van der Waals surface area (Å²) in [5.74, 6) is 1.99. The van der Waals surface area contributed by atoms with Crippen LogP contribution in [0.15, 0.2) is 5.16 Å². The summed E-state index contributed by atoms with van der Waals surface area (Å²) < 4.78 is 0. The fraction of sp³-hybridized carbons (Fsp3) is 0.933. The highest BCUT2D eigenvalue weighted by Gasteiger charge is 2.43. The van der Waals surface area contributed by atoms with Crippen LogP contribution in [0.5, 0.6) is 0 Å². The maximum atomic E-state index is 8.86. The molecule has 0 spiro atoms. The van der Waals surface area contributed by atoms with Gasteiger partial charge in [0.15, 0.2) is 0 Å². The van der Waals surface area contributed by atoms with Gasteiger partial charge in [-0.3, -0.25) is 0 Å². The predicted octanol–water partition coefficient (Wildman–Crippen LogP) is 3.86. The molecule has 1 rings (SSSR count). The van der Waals surface area contributed by atoms with Gasteiger partial charge in [0.1, 0.15) is 5.84 Å². The van der Waals surface area contributed by atoms with Gasteiger partial charge in [-0.05, 0) is 41.9 Å². The Morgan fingerprint density at radius 1 is 1.00 bits per heavy atom. The van der Waals surface area contributed by atoms with Gasteiger partial charge >= 0.3 is 0 Å². The summed E-state index contributed by atoms with van der Waals surface area (Å²) in [6, 6.07) is 0. The molecule has 0 heterocycles. The van der Waals surface area contributed by atoms with Crippen molar-refractivity contribution in [2.75, 3.05) is 0 Å². The molecule has 0 bridgehead atoms. The highest BCUT2D eigenvalue weighted by atomic mass is 16.4. The Kier molecular flexibility index (Phi) is 4.34. The van der Waals surface area contributed by atoms with E-state index in [0.29, 0.717) is 23.1 Å². The Morgan fingerprint density at radius 3 is 1.89 bits per heavy atom. The van der Waals surface area contributed by atoms with Gasteiger partial charge in [-0.2, -0.15) is 0 Å². The van der Waals surface area contributed by atoms with Crippen molar-refractivity contribution in [3.8, 4) is 0 Å². The van der Waals surface area contributed by atoms with Gasteiger partial charge in [0, 0.05) is 5.92 Å². The molecular formula is C15H30N2O. The van der Waals surface area contributed by atoms with Crippen LogP contribution < -0.4 is 5.73 Å².